The highest BCUT2D eigenvalue weighted by Gasteiger charge is 2.23. The van der Waals surface area contributed by atoms with Gasteiger partial charge in [0.2, 0.25) is 0 Å². The van der Waals surface area contributed by atoms with Crippen LogP contribution in [-0.2, 0) is 4.74 Å². The summed E-state index contributed by atoms with van der Waals surface area (Å²) in [5, 5.41) is 12.9. The van der Waals surface area contributed by atoms with Crippen LogP contribution < -0.4 is 10.6 Å². The van der Waals surface area contributed by atoms with Crippen LogP contribution in [0.15, 0.2) is 67.1 Å². The van der Waals surface area contributed by atoms with E-state index in [1.807, 2.05) is 53.5 Å². The van der Waals surface area contributed by atoms with E-state index in [0.29, 0.717) is 30.1 Å². The van der Waals surface area contributed by atoms with Crippen LogP contribution in [0.25, 0.3) is 33.4 Å². The molecule has 4 aromatic rings. The number of morpholine rings is 1. The van der Waals surface area contributed by atoms with E-state index >= 15 is 0 Å². The number of rotatable bonds is 5. The summed E-state index contributed by atoms with van der Waals surface area (Å²) in [5.74, 6) is 0.845. The van der Waals surface area contributed by atoms with Crippen molar-refractivity contribution in [3.8, 4) is 16.8 Å². The molecule has 5 rings (SSSR count). The van der Waals surface area contributed by atoms with Crippen LogP contribution in [-0.4, -0.2) is 51.8 Å². The number of pyridine rings is 2. The first kappa shape index (κ1) is 20.8. The number of nitrogens with two attached hydrogens (primary N) is 1. The Morgan fingerprint density at radius 1 is 1.24 bits per heavy atom. The Labute approximate surface area is 191 Å². The number of nitrogens with zero attached hydrogens (tertiary/aromatic N) is 5. The molecule has 0 aliphatic carbocycles. The van der Waals surface area contributed by atoms with Crippen molar-refractivity contribution in [1.29, 1.82) is 5.41 Å². The van der Waals surface area contributed by atoms with E-state index < -0.39 is 0 Å². The average Bonchev–Trinajstić information content (AvgIpc) is 3.34. The first-order chi connectivity index (χ1) is 16.2. The topological polar surface area (TPSA) is 106 Å². The van der Waals surface area contributed by atoms with Crippen molar-refractivity contribution < 1.29 is 4.74 Å². The maximum Gasteiger partial charge on any atom is 0.130 e. The number of anilines is 1. The van der Waals surface area contributed by atoms with E-state index in [4.69, 9.17) is 20.9 Å². The Morgan fingerprint density at radius 3 is 2.88 bits per heavy atom. The average molecular weight is 440 g/mol. The van der Waals surface area contributed by atoms with Crippen molar-refractivity contribution >= 4 is 28.6 Å². The van der Waals surface area contributed by atoms with Crippen LogP contribution in [0.1, 0.15) is 12.6 Å². The first-order valence-corrected chi connectivity index (χ1v) is 10.9. The van der Waals surface area contributed by atoms with Crippen molar-refractivity contribution in [2.75, 3.05) is 24.7 Å². The van der Waals surface area contributed by atoms with Gasteiger partial charge in [0.25, 0.3) is 0 Å². The third kappa shape index (κ3) is 3.96. The van der Waals surface area contributed by atoms with Crippen LogP contribution in [0.2, 0.25) is 0 Å². The highest BCUT2D eigenvalue weighted by atomic mass is 16.5. The molecule has 1 aliphatic heterocycles. The molecule has 1 aromatic carbocycles. The summed E-state index contributed by atoms with van der Waals surface area (Å²) in [4.78, 5) is 11.7. The minimum atomic E-state index is 0.193. The molecule has 1 fully saturated rings. The molecule has 0 bridgehead atoms. The second-order valence-electron chi connectivity index (χ2n) is 8.00. The number of nitrogens with one attached hydrogen (secondary N) is 1. The van der Waals surface area contributed by atoms with Gasteiger partial charge in [-0.1, -0.05) is 18.2 Å². The van der Waals surface area contributed by atoms with Gasteiger partial charge in [-0.3, -0.25) is 4.98 Å². The van der Waals surface area contributed by atoms with E-state index in [9.17, 15) is 0 Å². The second-order valence-corrected chi connectivity index (χ2v) is 8.00. The second kappa shape index (κ2) is 8.84. The molecule has 1 unspecified atom stereocenters. The lowest BCUT2D eigenvalue weighted by Gasteiger charge is -2.34. The van der Waals surface area contributed by atoms with Gasteiger partial charge in [-0.15, -0.1) is 0 Å². The number of hydrogen-bond donors (Lipinski definition) is 2. The monoisotopic (exact) mass is 439 g/mol. The predicted molar refractivity (Wildman–Crippen MR) is 131 cm³/mol. The normalized spacial score (nSPS) is 16.8. The third-order valence-electron chi connectivity index (χ3n) is 5.83. The lowest BCUT2D eigenvalue weighted by molar-refractivity contribution is 0.0986. The first-order valence-electron chi connectivity index (χ1n) is 10.9. The summed E-state index contributed by atoms with van der Waals surface area (Å²) in [5.41, 5.74) is 10.9. The van der Waals surface area contributed by atoms with Crippen molar-refractivity contribution in [2.24, 2.45) is 5.73 Å². The summed E-state index contributed by atoms with van der Waals surface area (Å²) in [7, 11) is 0. The summed E-state index contributed by atoms with van der Waals surface area (Å²) in [6.45, 7) is 4.19. The van der Waals surface area contributed by atoms with Gasteiger partial charge in [-0.25, -0.2) is 9.67 Å². The van der Waals surface area contributed by atoms with Gasteiger partial charge in [0, 0.05) is 36.1 Å². The highest BCUT2D eigenvalue weighted by Crippen LogP contribution is 2.34. The number of aromatic nitrogens is 4. The molecule has 0 saturated carbocycles. The van der Waals surface area contributed by atoms with Gasteiger partial charge >= 0.3 is 0 Å². The number of hydrogen-bond acceptors (Lipinski definition) is 7. The number of allylic oxidation sites excluding steroid dienone is 1. The van der Waals surface area contributed by atoms with E-state index in [1.165, 1.54) is 6.08 Å². The molecule has 4 heterocycles. The lowest BCUT2D eigenvalue weighted by atomic mass is 10.0. The fourth-order valence-corrected chi connectivity index (χ4v) is 4.16. The minimum Gasteiger partial charge on any atom is -0.397 e. The molecule has 1 aliphatic rings. The maximum absolute atomic E-state index is 7.42. The molecule has 8 nitrogen and oxygen atoms in total. The third-order valence-corrected chi connectivity index (χ3v) is 5.83. The molecular formula is C25H25N7O. The van der Waals surface area contributed by atoms with Crippen molar-refractivity contribution in [3.05, 3.63) is 72.8 Å². The summed E-state index contributed by atoms with van der Waals surface area (Å²) >= 11 is 0. The molecule has 166 valence electrons. The number of fused-ring (bicyclic) bond motifs is 1. The Hall–Kier alpha value is -4.04. The van der Waals surface area contributed by atoms with Gasteiger partial charge in [0.15, 0.2) is 0 Å². The summed E-state index contributed by atoms with van der Waals surface area (Å²) in [6.07, 6.45) is 8.31. The number of ether oxygens (including phenoxy) is 1. The Morgan fingerprint density at radius 2 is 2.09 bits per heavy atom. The molecular weight excluding hydrogens is 414 g/mol. The Bertz CT molecular complexity index is 1330. The van der Waals surface area contributed by atoms with Gasteiger partial charge in [-0.05, 0) is 42.8 Å². The fraction of sp³-hybridized carbons (Fsp3) is 0.200. The maximum atomic E-state index is 7.42. The molecule has 3 N–H and O–H groups in total. The largest absolute Gasteiger partial charge is 0.397 e. The van der Waals surface area contributed by atoms with Gasteiger partial charge in [0.1, 0.15) is 17.0 Å². The van der Waals surface area contributed by atoms with E-state index in [-0.39, 0.29) is 6.04 Å². The summed E-state index contributed by atoms with van der Waals surface area (Å²) < 4.78 is 7.50. The molecule has 0 radical (unpaired) electrons. The molecule has 1 saturated heterocycles. The van der Waals surface area contributed by atoms with Crippen LogP contribution in [0.4, 0.5) is 5.82 Å². The van der Waals surface area contributed by atoms with Crippen molar-refractivity contribution in [3.63, 3.8) is 0 Å². The van der Waals surface area contributed by atoms with Crippen molar-refractivity contribution in [2.45, 2.75) is 13.0 Å². The van der Waals surface area contributed by atoms with Crippen molar-refractivity contribution in [1.82, 2.24) is 19.7 Å². The Kier molecular flexibility index (Phi) is 5.58. The van der Waals surface area contributed by atoms with Crippen LogP contribution in [0, 0.1) is 5.41 Å². The SMILES string of the molecule is CC1COCCN1c1cc(-c2cnn(-c3ccccc3)c2)c2ccnc(/C(N)=C/C=N)c2n1. The van der Waals surface area contributed by atoms with Gasteiger partial charge in [0.05, 0.1) is 36.8 Å². The molecule has 33 heavy (non-hydrogen) atoms. The fourth-order valence-electron chi connectivity index (χ4n) is 4.16. The quantitative estimate of drug-likeness (QED) is 0.460. The predicted octanol–water partition coefficient (Wildman–Crippen LogP) is 3.66. The molecule has 1 atom stereocenters. The summed E-state index contributed by atoms with van der Waals surface area (Å²) in [6, 6.07) is 14.3. The zero-order valence-electron chi connectivity index (χ0n) is 18.3. The Balaban J connectivity index is 1.72. The molecule has 8 heteroatoms. The molecule has 0 spiro atoms. The molecule has 3 aromatic heterocycles. The zero-order valence-corrected chi connectivity index (χ0v) is 18.3. The molecule has 0 amide bonds. The van der Waals surface area contributed by atoms with Crippen LogP contribution in [0.3, 0.4) is 0 Å². The zero-order chi connectivity index (χ0) is 22.8. The minimum absolute atomic E-state index is 0.193. The standard InChI is InChI=1S/C25H25N7O/c1-17-16-33-12-11-31(17)23-13-21(18-14-29-32(15-18)19-5-3-2-4-6-19)20-8-10-28-25(24(20)30-23)22(27)7-9-26/h2-10,13-15,17,26H,11-12,16,27H2,1H3/b22-7-,26-9?. The van der Waals surface area contributed by atoms with Gasteiger partial charge < -0.3 is 20.8 Å². The van der Waals surface area contributed by atoms with E-state index in [1.54, 1.807) is 6.20 Å². The number of benzene rings is 1. The lowest BCUT2D eigenvalue weighted by Crippen LogP contribution is -2.44. The van der Waals surface area contributed by atoms with Crippen LogP contribution in [0.5, 0.6) is 0 Å². The highest BCUT2D eigenvalue weighted by molar-refractivity contribution is 6.01. The van der Waals surface area contributed by atoms with E-state index in [2.05, 4.69) is 28.0 Å². The smallest absolute Gasteiger partial charge is 0.130 e. The van der Waals surface area contributed by atoms with Crippen LogP contribution >= 0.6 is 0 Å². The number of para-hydroxylation sites is 1. The van der Waals surface area contributed by atoms with E-state index in [0.717, 1.165) is 40.8 Å². The van der Waals surface area contributed by atoms with Gasteiger partial charge in [-0.2, -0.15) is 5.10 Å².